The average molecular weight is 332 g/mol. The largest absolute Gasteiger partial charge is 0.481 e. The summed E-state index contributed by atoms with van der Waals surface area (Å²) < 4.78 is 13.2. The van der Waals surface area contributed by atoms with E-state index in [2.05, 4.69) is 10.3 Å². The second-order valence-electron chi connectivity index (χ2n) is 6.60. The van der Waals surface area contributed by atoms with Crippen molar-refractivity contribution in [2.75, 3.05) is 6.54 Å². The summed E-state index contributed by atoms with van der Waals surface area (Å²) in [6, 6.07) is 4.39. The van der Waals surface area contributed by atoms with Crippen LogP contribution in [0.3, 0.4) is 0 Å². The molecular formula is C18H21FN2O3. The summed E-state index contributed by atoms with van der Waals surface area (Å²) >= 11 is 0. The summed E-state index contributed by atoms with van der Waals surface area (Å²) in [7, 11) is 0. The first-order valence-corrected chi connectivity index (χ1v) is 8.26. The van der Waals surface area contributed by atoms with Gasteiger partial charge in [0, 0.05) is 23.6 Å². The van der Waals surface area contributed by atoms with Crippen LogP contribution >= 0.6 is 0 Å². The quantitative estimate of drug-likeness (QED) is 0.787. The van der Waals surface area contributed by atoms with Gasteiger partial charge in [0.25, 0.3) is 0 Å². The number of aromatic nitrogens is 1. The van der Waals surface area contributed by atoms with Crippen LogP contribution in [0.5, 0.6) is 0 Å². The molecule has 1 aromatic carbocycles. The van der Waals surface area contributed by atoms with Crippen molar-refractivity contribution in [3.63, 3.8) is 0 Å². The summed E-state index contributed by atoms with van der Waals surface area (Å²) in [5.74, 6) is -1.38. The van der Waals surface area contributed by atoms with Crippen LogP contribution < -0.4 is 5.32 Å². The predicted molar refractivity (Wildman–Crippen MR) is 88.1 cm³/mol. The normalized spacial score (nSPS) is 16.9. The molecule has 1 saturated carbocycles. The molecule has 5 nitrogen and oxygen atoms in total. The first-order valence-electron chi connectivity index (χ1n) is 8.26. The van der Waals surface area contributed by atoms with Crippen LogP contribution in [0.2, 0.25) is 0 Å². The topological polar surface area (TPSA) is 82.2 Å². The number of aliphatic carboxylic acids is 1. The lowest BCUT2D eigenvalue weighted by molar-refractivity contribution is -0.151. The smallest absolute Gasteiger partial charge is 0.311 e. The summed E-state index contributed by atoms with van der Waals surface area (Å²) in [4.78, 5) is 26.8. The minimum Gasteiger partial charge on any atom is -0.481 e. The lowest BCUT2D eigenvalue weighted by Crippen LogP contribution is -2.44. The molecule has 128 valence electrons. The number of hydrogen-bond acceptors (Lipinski definition) is 2. The second-order valence-corrected chi connectivity index (χ2v) is 6.60. The fourth-order valence-electron chi connectivity index (χ4n) is 3.50. The van der Waals surface area contributed by atoms with Gasteiger partial charge in [0.05, 0.1) is 11.8 Å². The summed E-state index contributed by atoms with van der Waals surface area (Å²) in [5, 5.41) is 13.1. The van der Waals surface area contributed by atoms with Crippen LogP contribution in [0, 0.1) is 11.2 Å². The molecule has 0 saturated heterocycles. The molecule has 1 aliphatic rings. The van der Waals surface area contributed by atoms with Gasteiger partial charge >= 0.3 is 5.97 Å². The Hall–Kier alpha value is -2.37. The molecule has 3 N–H and O–H groups in total. The van der Waals surface area contributed by atoms with Crippen molar-refractivity contribution < 1.29 is 19.1 Å². The van der Waals surface area contributed by atoms with E-state index in [-0.39, 0.29) is 24.7 Å². The third kappa shape index (κ3) is 3.27. The van der Waals surface area contributed by atoms with Crippen LogP contribution in [0.4, 0.5) is 4.39 Å². The number of fused-ring (bicyclic) bond motifs is 1. The number of carbonyl (C=O) groups excluding carboxylic acids is 1. The Morgan fingerprint density at radius 1 is 1.25 bits per heavy atom. The highest BCUT2D eigenvalue weighted by atomic mass is 19.1. The average Bonchev–Trinajstić information content (AvgIpc) is 2.95. The van der Waals surface area contributed by atoms with E-state index >= 15 is 0 Å². The van der Waals surface area contributed by atoms with E-state index < -0.39 is 11.4 Å². The second kappa shape index (κ2) is 6.63. The lowest BCUT2D eigenvalue weighted by Gasteiger charge is -2.33. The molecule has 6 heteroatoms. The van der Waals surface area contributed by atoms with Crippen LogP contribution in [0.15, 0.2) is 24.4 Å². The molecule has 0 spiro atoms. The van der Waals surface area contributed by atoms with Crippen molar-refractivity contribution in [3.8, 4) is 0 Å². The highest BCUT2D eigenvalue weighted by Gasteiger charge is 2.39. The molecule has 0 unspecified atom stereocenters. The molecule has 1 aliphatic carbocycles. The van der Waals surface area contributed by atoms with Crippen molar-refractivity contribution in [2.24, 2.45) is 5.41 Å². The van der Waals surface area contributed by atoms with Crippen molar-refractivity contribution in [2.45, 2.75) is 38.5 Å². The molecule has 1 aromatic heterocycles. The molecular weight excluding hydrogens is 311 g/mol. The Balaban J connectivity index is 1.65. The van der Waals surface area contributed by atoms with E-state index in [0.717, 1.165) is 30.2 Å². The maximum absolute atomic E-state index is 13.2. The fraction of sp³-hybridized carbons (Fsp3) is 0.444. The molecule has 1 heterocycles. The van der Waals surface area contributed by atoms with E-state index in [1.165, 1.54) is 12.1 Å². The zero-order chi connectivity index (χ0) is 17.2. The van der Waals surface area contributed by atoms with Crippen molar-refractivity contribution in [1.29, 1.82) is 0 Å². The number of rotatable bonds is 5. The maximum atomic E-state index is 13.2. The highest BCUT2D eigenvalue weighted by molar-refractivity contribution is 5.89. The maximum Gasteiger partial charge on any atom is 0.311 e. The fourth-order valence-corrected chi connectivity index (χ4v) is 3.50. The van der Waals surface area contributed by atoms with Crippen molar-refractivity contribution in [3.05, 3.63) is 35.8 Å². The number of halogens is 1. The molecule has 1 fully saturated rings. The lowest BCUT2D eigenvalue weighted by atomic mass is 9.74. The minimum absolute atomic E-state index is 0.140. The SMILES string of the molecule is O=C(Cc1c[nH]c2cc(F)ccc12)NCC1(C(=O)O)CCCCC1. The predicted octanol–water partition coefficient (Wildman–Crippen LogP) is 3.00. The first-order chi connectivity index (χ1) is 11.5. The van der Waals surface area contributed by atoms with Gasteiger partial charge in [-0.15, -0.1) is 0 Å². The van der Waals surface area contributed by atoms with E-state index in [4.69, 9.17) is 0 Å². The van der Waals surface area contributed by atoms with Gasteiger partial charge in [0.2, 0.25) is 5.91 Å². The number of carboxylic acid groups (broad SMARTS) is 1. The van der Waals surface area contributed by atoms with Crippen molar-refractivity contribution >= 4 is 22.8 Å². The molecule has 0 radical (unpaired) electrons. The van der Waals surface area contributed by atoms with Gasteiger partial charge < -0.3 is 15.4 Å². The molecule has 2 aromatic rings. The summed E-state index contributed by atoms with van der Waals surface area (Å²) in [6.07, 6.45) is 5.86. The Morgan fingerprint density at radius 3 is 2.71 bits per heavy atom. The van der Waals surface area contributed by atoms with E-state index in [1.54, 1.807) is 12.3 Å². The standard InChI is InChI=1S/C18H21FN2O3/c19-13-4-5-14-12(10-20-15(14)9-13)8-16(22)21-11-18(17(23)24)6-2-1-3-7-18/h4-5,9-10,20H,1-3,6-8,11H2,(H,21,22)(H,23,24). The third-order valence-corrected chi connectivity index (χ3v) is 4.97. The Kier molecular flexibility index (Phi) is 4.55. The summed E-state index contributed by atoms with van der Waals surface area (Å²) in [6.45, 7) is 0.165. The molecule has 3 rings (SSSR count). The molecule has 24 heavy (non-hydrogen) atoms. The van der Waals surface area contributed by atoms with Gasteiger partial charge in [-0.2, -0.15) is 0 Å². The zero-order valence-electron chi connectivity index (χ0n) is 13.4. The number of amides is 1. The number of benzene rings is 1. The number of carboxylic acids is 1. The van der Waals surface area contributed by atoms with Crippen LogP contribution in [0.1, 0.15) is 37.7 Å². The van der Waals surface area contributed by atoms with Crippen molar-refractivity contribution in [1.82, 2.24) is 10.3 Å². The van der Waals surface area contributed by atoms with Gasteiger partial charge in [0.1, 0.15) is 5.82 Å². The first kappa shape index (κ1) is 16.5. The Morgan fingerprint density at radius 2 is 2.00 bits per heavy atom. The number of H-pyrrole nitrogens is 1. The number of aromatic amines is 1. The third-order valence-electron chi connectivity index (χ3n) is 4.97. The van der Waals surface area contributed by atoms with E-state index in [1.807, 2.05) is 0 Å². The molecule has 0 aliphatic heterocycles. The van der Waals surface area contributed by atoms with Gasteiger partial charge in [-0.3, -0.25) is 9.59 Å². The van der Waals surface area contributed by atoms with Gasteiger partial charge in [-0.1, -0.05) is 19.3 Å². The number of carbonyl (C=O) groups is 2. The number of nitrogens with one attached hydrogen (secondary N) is 2. The highest BCUT2D eigenvalue weighted by Crippen LogP contribution is 2.36. The molecule has 1 amide bonds. The Bertz CT molecular complexity index is 763. The van der Waals surface area contributed by atoms with Crippen LogP contribution in [-0.4, -0.2) is 28.5 Å². The molecule has 0 atom stereocenters. The van der Waals surface area contributed by atoms with Gasteiger partial charge in [0.15, 0.2) is 0 Å². The van der Waals surface area contributed by atoms with Gasteiger partial charge in [-0.25, -0.2) is 4.39 Å². The van der Waals surface area contributed by atoms with Gasteiger partial charge in [-0.05, 0) is 36.6 Å². The van der Waals surface area contributed by atoms with E-state index in [0.29, 0.717) is 18.4 Å². The minimum atomic E-state index is -0.836. The van der Waals surface area contributed by atoms with E-state index in [9.17, 15) is 19.1 Å². The van der Waals surface area contributed by atoms with Crippen LogP contribution in [-0.2, 0) is 16.0 Å². The zero-order valence-corrected chi connectivity index (χ0v) is 13.4. The Labute approximate surface area is 139 Å². The monoisotopic (exact) mass is 332 g/mol. The number of hydrogen-bond donors (Lipinski definition) is 3. The van der Waals surface area contributed by atoms with Crippen LogP contribution in [0.25, 0.3) is 10.9 Å². The molecule has 0 bridgehead atoms. The summed E-state index contributed by atoms with van der Waals surface area (Å²) in [5.41, 5.74) is 0.583.